The van der Waals surface area contributed by atoms with Crippen molar-refractivity contribution in [1.82, 2.24) is 10.2 Å². The zero-order valence-electron chi connectivity index (χ0n) is 13.2. The Balaban J connectivity index is 2.09. The zero-order chi connectivity index (χ0) is 16.2. The molecule has 1 atom stereocenters. The molecule has 0 spiro atoms. The fourth-order valence-corrected chi connectivity index (χ4v) is 3.74. The van der Waals surface area contributed by atoms with Gasteiger partial charge in [-0.1, -0.05) is 6.92 Å². The number of piperidine rings is 1. The van der Waals surface area contributed by atoms with Crippen LogP contribution in [0.25, 0.3) is 0 Å². The third kappa shape index (κ3) is 3.87. The number of likely N-dealkylation sites (tertiary alicyclic amines) is 1. The van der Waals surface area contributed by atoms with Crippen LogP contribution in [0.2, 0.25) is 0 Å². The molecule has 0 saturated carbocycles. The molecule has 5 nitrogen and oxygen atoms in total. The van der Waals surface area contributed by atoms with E-state index < -0.39 is 9.84 Å². The summed E-state index contributed by atoms with van der Waals surface area (Å²) in [6, 6.07) is 6.29. The molecule has 0 radical (unpaired) electrons. The Labute approximate surface area is 132 Å². The summed E-state index contributed by atoms with van der Waals surface area (Å²) in [6.07, 6.45) is 2.15. The van der Waals surface area contributed by atoms with Crippen LogP contribution >= 0.6 is 0 Å². The van der Waals surface area contributed by atoms with Crippen molar-refractivity contribution in [3.63, 3.8) is 0 Å². The van der Waals surface area contributed by atoms with Gasteiger partial charge in [0.1, 0.15) is 0 Å². The summed E-state index contributed by atoms with van der Waals surface area (Å²) >= 11 is 0. The lowest BCUT2D eigenvalue weighted by Gasteiger charge is -2.32. The van der Waals surface area contributed by atoms with Crippen LogP contribution in [-0.2, 0) is 9.84 Å². The molecular formula is C16H24N2O3S. The van der Waals surface area contributed by atoms with Gasteiger partial charge in [-0.15, -0.1) is 0 Å². The monoisotopic (exact) mass is 324 g/mol. The Hall–Kier alpha value is -1.40. The van der Waals surface area contributed by atoms with Gasteiger partial charge in [-0.25, -0.2) is 8.42 Å². The molecule has 1 aromatic rings. The van der Waals surface area contributed by atoms with Crippen molar-refractivity contribution in [2.24, 2.45) is 5.92 Å². The smallest absolute Gasteiger partial charge is 0.253 e. The van der Waals surface area contributed by atoms with Gasteiger partial charge in [-0.05, 0) is 56.6 Å². The molecule has 0 aromatic heterocycles. The molecule has 0 bridgehead atoms. The van der Waals surface area contributed by atoms with Gasteiger partial charge in [0.05, 0.1) is 10.6 Å². The van der Waals surface area contributed by atoms with Crippen molar-refractivity contribution in [2.45, 2.75) is 24.7 Å². The third-order valence-electron chi connectivity index (χ3n) is 4.14. The van der Waals surface area contributed by atoms with Gasteiger partial charge in [-0.3, -0.25) is 4.79 Å². The fraction of sp³-hybridized carbons (Fsp3) is 0.562. The number of hydrogen-bond acceptors (Lipinski definition) is 4. The average Bonchev–Trinajstić information content (AvgIpc) is 2.55. The molecule has 1 aromatic carbocycles. The maximum atomic E-state index is 12.5. The molecule has 1 amide bonds. The van der Waals surface area contributed by atoms with Gasteiger partial charge in [0, 0.05) is 18.7 Å². The molecule has 1 fully saturated rings. The minimum absolute atomic E-state index is 0.0127. The molecular weight excluding hydrogens is 300 g/mol. The normalized spacial score (nSPS) is 19.2. The van der Waals surface area contributed by atoms with Crippen LogP contribution in [-0.4, -0.2) is 51.7 Å². The molecule has 1 heterocycles. The highest BCUT2D eigenvalue weighted by molar-refractivity contribution is 7.91. The van der Waals surface area contributed by atoms with Crippen molar-refractivity contribution in [1.29, 1.82) is 0 Å². The Morgan fingerprint density at radius 3 is 2.59 bits per heavy atom. The molecule has 2 rings (SSSR count). The molecule has 122 valence electrons. The minimum atomic E-state index is -3.21. The molecule has 1 unspecified atom stereocenters. The molecule has 0 aliphatic carbocycles. The van der Waals surface area contributed by atoms with Crippen LogP contribution in [0.5, 0.6) is 0 Å². The summed E-state index contributed by atoms with van der Waals surface area (Å²) in [5.74, 6) is 0.543. The number of rotatable bonds is 5. The average molecular weight is 324 g/mol. The predicted octanol–water partition coefficient (Wildman–Crippen LogP) is 1.55. The molecule has 1 saturated heterocycles. The summed E-state index contributed by atoms with van der Waals surface area (Å²) in [5.41, 5.74) is 0.556. The van der Waals surface area contributed by atoms with Gasteiger partial charge in [-0.2, -0.15) is 0 Å². The summed E-state index contributed by atoms with van der Waals surface area (Å²) < 4.78 is 23.6. The number of carbonyl (C=O) groups is 1. The van der Waals surface area contributed by atoms with Gasteiger partial charge in [0.2, 0.25) is 0 Å². The largest absolute Gasteiger partial charge is 0.338 e. The first-order valence-corrected chi connectivity index (χ1v) is 9.40. The van der Waals surface area contributed by atoms with Crippen molar-refractivity contribution in [3.8, 4) is 0 Å². The molecule has 1 N–H and O–H groups in total. The van der Waals surface area contributed by atoms with E-state index in [2.05, 4.69) is 5.32 Å². The highest BCUT2D eigenvalue weighted by Gasteiger charge is 2.24. The van der Waals surface area contributed by atoms with Gasteiger partial charge in [0.15, 0.2) is 9.84 Å². The van der Waals surface area contributed by atoms with E-state index in [4.69, 9.17) is 0 Å². The fourth-order valence-electron chi connectivity index (χ4n) is 2.86. The van der Waals surface area contributed by atoms with Crippen LogP contribution in [0.4, 0.5) is 0 Å². The quantitative estimate of drug-likeness (QED) is 0.892. The van der Waals surface area contributed by atoms with Crippen LogP contribution in [0.3, 0.4) is 0 Å². The van der Waals surface area contributed by atoms with Crippen molar-refractivity contribution in [2.75, 3.05) is 32.4 Å². The van der Waals surface area contributed by atoms with Crippen LogP contribution in [0.1, 0.15) is 30.1 Å². The van der Waals surface area contributed by atoms with E-state index in [1.54, 1.807) is 19.1 Å². The van der Waals surface area contributed by atoms with Gasteiger partial charge >= 0.3 is 0 Å². The third-order valence-corrected chi connectivity index (χ3v) is 5.89. The second kappa shape index (κ2) is 7.24. The number of sulfone groups is 1. The van der Waals surface area contributed by atoms with Crippen molar-refractivity contribution < 1.29 is 13.2 Å². The highest BCUT2D eigenvalue weighted by atomic mass is 32.2. The number of benzene rings is 1. The first kappa shape index (κ1) is 17.0. The summed E-state index contributed by atoms with van der Waals surface area (Å²) in [7, 11) is -1.29. The maximum Gasteiger partial charge on any atom is 0.253 e. The Bertz CT molecular complexity index is 609. The van der Waals surface area contributed by atoms with E-state index in [-0.39, 0.29) is 16.6 Å². The number of amides is 1. The Kier molecular flexibility index (Phi) is 5.58. The first-order chi connectivity index (χ1) is 10.5. The minimum Gasteiger partial charge on any atom is -0.338 e. The van der Waals surface area contributed by atoms with Crippen LogP contribution in [0.15, 0.2) is 29.2 Å². The lowest BCUT2D eigenvalue weighted by Crippen LogP contribution is -2.42. The molecule has 22 heavy (non-hydrogen) atoms. The van der Waals surface area contributed by atoms with E-state index in [9.17, 15) is 13.2 Å². The number of nitrogens with zero attached hydrogens (tertiary/aromatic N) is 1. The number of nitrogens with one attached hydrogen (secondary N) is 1. The standard InChI is InChI=1S/C16H24N2O3S/c1-3-22(20,21)15-8-6-14(7-9-15)16(19)18-10-4-5-13(12-18)11-17-2/h6-9,13,17H,3-5,10-12H2,1-2H3. The van der Waals surface area contributed by atoms with E-state index in [0.717, 1.165) is 32.5 Å². The summed E-state index contributed by atoms with van der Waals surface area (Å²) in [4.78, 5) is 14.7. The molecule has 6 heteroatoms. The second-order valence-electron chi connectivity index (χ2n) is 5.74. The topological polar surface area (TPSA) is 66.5 Å². The SMILES string of the molecule is CCS(=O)(=O)c1ccc(C(=O)N2CCCC(CNC)C2)cc1. The van der Waals surface area contributed by atoms with Crippen LogP contribution in [0, 0.1) is 5.92 Å². The number of hydrogen-bond donors (Lipinski definition) is 1. The number of carbonyl (C=O) groups excluding carboxylic acids is 1. The van der Waals surface area contributed by atoms with Crippen molar-refractivity contribution in [3.05, 3.63) is 29.8 Å². The van der Waals surface area contributed by atoms with Gasteiger partial charge < -0.3 is 10.2 Å². The van der Waals surface area contributed by atoms with E-state index >= 15 is 0 Å². The van der Waals surface area contributed by atoms with E-state index in [1.807, 2.05) is 11.9 Å². The zero-order valence-corrected chi connectivity index (χ0v) is 14.0. The summed E-state index contributed by atoms with van der Waals surface area (Å²) in [6.45, 7) is 4.06. The molecule has 1 aliphatic rings. The highest BCUT2D eigenvalue weighted by Crippen LogP contribution is 2.19. The lowest BCUT2D eigenvalue weighted by molar-refractivity contribution is 0.0674. The van der Waals surface area contributed by atoms with Crippen molar-refractivity contribution >= 4 is 15.7 Å². The van der Waals surface area contributed by atoms with Gasteiger partial charge in [0.25, 0.3) is 5.91 Å². The van der Waals surface area contributed by atoms with Crippen LogP contribution < -0.4 is 5.32 Å². The van der Waals surface area contributed by atoms with E-state index in [1.165, 1.54) is 12.1 Å². The predicted molar refractivity (Wildman–Crippen MR) is 86.7 cm³/mol. The molecule has 1 aliphatic heterocycles. The summed E-state index contributed by atoms with van der Waals surface area (Å²) in [5, 5.41) is 3.16. The lowest BCUT2D eigenvalue weighted by atomic mass is 9.97. The second-order valence-corrected chi connectivity index (χ2v) is 8.02. The Morgan fingerprint density at radius 1 is 1.32 bits per heavy atom. The van der Waals surface area contributed by atoms with E-state index in [0.29, 0.717) is 11.5 Å². The maximum absolute atomic E-state index is 12.5. The Morgan fingerprint density at radius 2 is 2.00 bits per heavy atom. The first-order valence-electron chi connectivity index (χ1n) is 7.74.